The number of halogens is 4. The van der Waals surface area contributed by atoms with Gasteiger partial charge in [0.25, 0.3) is 0 Å². The zero-order valence-electron chi connectivity index (χ0n) is 20.5. The summed E-state index contributed by atoms with van der Waals surface area (Å²) in [5, 5.41) is 0. The van der Waals surface area contributed by atoms with E-state index in [1.807, 2.05) is 13.0 Å². The maximum atomic E-state index is 15.1. The summed E-state index contributed by atoms with van der Waals surface area (Å²) in [7, 11) is 1.73. The first-order valence-corrected chi connectivity index (χ1v) is 13.7. The molecule has 8 atom stereocenters. The molecule has 0 saturated heterocycles. The van der Waals surface area contributed by atoms with Crippen molar-refractivity contribution >= 4 is 0 Å². The molecule has 5 heteroatoms. The van der Waals surface area contributed by atoms with E-state index in [2.05, 4.69) is 6.08 Å². The van der Waals surface area contributed by atoms with Gasteiger partial charge in [0, 0.05) is 13.0 Å². The van der Waals surface area contributed by atoms with E-state index in [1.54, 1.807) is 7.11 Å². The van der Waals surface area contributed by atoms with E-state index in [0.29, 0.717) is 5.92 Å². The minimum Gasteiger partial charge on any atom is -0.381 e. The van der Waals surface area contributed by atoms with Crippen molar-refractivity contribution in [1.29, 1.82) is 0 Å². The SMILES string of the molecule is COC1CCC(C2CCC(/C=C/C3CCC(C4CCC(C)C(F)C4F)CC3)C(F)C2F)CC1. The monoisotopic (exact) mass is 472 g/mol. The number of hydrogen-bond donors (Lipinski definition) is 0. The van der Waals surface area contributed by atoms with Crippen molar-refractivity contribution in [2.24, 2.45) is 41.4 Å². The molecule has 190 valence electrons. The highest BCUT2D eigenvalue weighted by atomic mass is 19.2. The van der Waals surface area contributed by atoms with Crippen molar-refractivity contribution in [2.45, 2.75) is 115 Å². The molecule has 0 aromatic rings. The van der Waals surface area contributed by atoms with Crippen molar-refractivity contribution in [3.05, 3.63) is 12.2 Å². The molecule has 4 aliphatic carbocycles. The summed E-state index contributed by atoms with van der Waals surface area (Å²) in [6.07, 6.45) is 9.56. The lowest BCUT2D eigenvalue weighted by Crippen LogP contribution is -2.42. The molecule has 33 heavy (non-hydrogen) atoms. The van der Waals surface area contributed by atoms with Crippen LogP contribution in [0.2, 0.25) is 0 Å². The van der Waals surface area contributed by atoms with E-state index < -0.39 is 24.7 Å². The summed E-state index contributed by atoms with van der Waals surface area (Å²) in [5.74, 6) is 0.127. The molecule has 1 nitrogen and oxygen atoms in total. The zero-order valence-corrected chi connectivity index (χ0v) is 20.5. The molecule has 0 amide bonds. The topological polar surface area (TPSA) is 9.23 Å². The molecule has 0 aromatic heterocycles. The maximum absolute atomic E-state index is 15.1. The number of ether oxygens (including phenoxy) is 1. The maximum Gasteiger partial charge on any atom is 0.138 e. The van der Waals surface area contributed by atoms with Crippen molar-refractivity contribution < 1.29 is 22.3 Å². The van der Waals surface area contributed by atoms with Crippen molar-refractivity contribution in [3.63, 3.8) is 0 Å². The number of hydrogen-bond acceptors (Lipinski definition) is 1. The lowest BCUT2D eigenvalue weighted by Gasteiger charge is -2.41. The molecule has 0 radical (unpaired) electrons. The molecule has 0 aromatic carbocycles. The molecule has 4 fully saturated rings. The van der Waals surface area contributed by atoms with E-state index in [1.165, 1.54) is 0 Å². The molecule has 4 saturated carbocycles. The Kier molecular flexibility index (Phi) is 8.84. The molecule has 0 bridgehead atoms. The fourth-order valence-corrected chi connectivity index (χ4v) is 7.51. The molecular formula is C28H44F4O. The third-order valence-corrected chi connectivity index (χ3v) is 9.88. The fraction of sp³-hybridized carbons (Fsp3) is 0.929. The Hall–Kier alpha value is -0.580. The van der Waals surface area contributed by atoms with Crippen LogP contribution in [0, 0.1) is 41.4 Å². The summed E-state index contributed by atoms with van der Waals surface area (Å²) >= 11 is 0. The minimum absolute atomic E-state index is 0.141. The van der Waals surface area contributed by atoms with Crippen LogP contribution in [0.15, 0.2) is 12.2 Å². The van der Waals surface area contributed by atoms with Gasteiger partial charge in [-0.25, -0.2) is 17.6 Å². The third-order valence-electron chi connectivity index (χ3n) is 9.88. The van der Waals surface area contributed by atoms with Crippen LogP contribution in [0.5, 0.6) is 0 Å². The second-order valence-corrected chi connectivity index (χ2v) is 11.7. The molecular weight excluding hydrogens is 428 g/mol. The number of alkyl halides is 4. The third kappa shape index (κ3) is 5.81. The van der Waals surface area contributed by atoms with E-state index in [-0.39, 0.29) is 41.6 Å². The van der Waals surface area contributed by atoms with Gasteiger partial charge in [0.2, 0.25) is 0 Å². The average molecular weight is 473 g/mol. The van der Waals surface area contributed by atoms with Gasteiger partial charge in [0.1, 0.15) is 24.7 Å². The quantitative estimate of drug-likeness (QED) is 0.291. The summed E-state index contributed by atoms with van der Waals surface area (Å²) in [4.78, 5) is 0. The van der Waals surface area contributed by atoms with Crippen LogP contribution in [-0.4, -0.2) is 37.9 Å². The van der Waals surface area contributed by atoms with Crippen LogP contribution in [0.3, 0.4) is 0 Å². The van der Waals surface area contributed by atoms with Crippen molar-refractivity contribution in [3.8, 4) is 0 Å². The van der Waals surface area contributed by atoms with Crippen LogP contribution in [-0.2, 0) is 4.74 Å². The smallest absolute Gasteiger partial charge is 0.138 e. The predicted molar refractivity (Wildman–Crippen MR) is 125 cm³/mol. The molecule has 0 heterocycles. The number of rotatable bonds is 5. The van der Waals surface area contributed by atoms with Gasteiger partial charge < -0.3 is 4.74 Å². The standard InChI is InChI=1S/C28H44F4O/c1-17-3-15-23(27(31)25(17)29)19-7-4-18(5-8-19)6-9-21-12-16-24(28(32)26(21)30)20-10-13-22(33-2)14-11-20/h6,9,17-28H,3-5,7-8,10-16H2,1-2H3/b9-6+. The van der Waals surface area contributed by atoms with Gasteiger partial charge in [-0.2, -0.15) is 0 Å². The van der Waals surface area contributed by atoms with Crippen LogP contribution < -0.4 is 0 Å². The van der Waals surface area contributed by atoms with Gasteiger partial charge in [-0.05, 0) is 113 Å². The Morgan fingerprint density at radius 3 is 1.73 bits per heavy atom. The van der Waals surface area contributed by atoms with E-state index >= 15 is 8.78 Å². The zero-order chi connectivity index (χ0) is 23.5. The highest BCUT2D eigenvalue weighted by Crippen LogP contribution is 2.45. The average Bonchev–Trinajstić information content (AvgIpc) is 2.84. The van der Waals surface area contributed by atoms with Crippen molar-refractivity contribution in [1.82, 2.24) is 0 Å². The van der Waals surface area contributed by atoms with Gasteiger partial charge in [0.05, 0.1) is 6.10 Å². The summed E-state index contributed by atoms with van der Waals surface area (Å²) < 4.78 is 64.3. The second-order valence-electron chi connectivity index (χ2n) is 11.7. The van der Waals surface area contributed by atoms with E-state index in [0.717, 1.165) is 77.0 Å². The molecule has 0 N–H and O–H groups in total. The van der Waals surface area contributed by atoms with Gasteiger partial charge in [0.15, 0.2) is 0 Å². The van der Waals surface area contributed by atoms with Gasteiger partial charge in [-0.1, -0.05) is 19.1 Å². The van der Waals surface area contributed by atoms with Crippen LogP contribution >= 0.6 is 0 Å². The van der Waals surface area contributed by atoms with Gasteiger partial charge >= 0.3 is 0 Å². The number of allylic oxidation sites excluding steroid dienone is 2. The minimum atomic E-state index is -1.41. The van der Waals surface area contributed by atoms with Crippen LogP contribution in [0.1, 0.15) is 84.0 Å². The van der Waals surface area contributed by atoms with Crippen LogP contribution in [0.4, 0.5) is 17.6 Å². The first-order chi connectivity index (χ1) is 15.9. The first kappa shape index (κ1) is 25.5. The Labute approximate surface area is 198 Å². The van der Waals surface area contributed by atoms with E-state index in [9.17, 15) is 8.78 Å². The van der Waals surface area contributed by atoms with E-state index in [4.69, 9.17) is 4.74 Å². The highest BCUT2D eigenvalue weighted by Gasteiger charge is 2.44. The Balaban J connectivity index is 1.23. The van der Waals surface area contributed by atoms with Gasteiger partial charge in [-0.15, -0.1) is 0 Å². The largest absolute Gasteiger partial charge is 0.381 e. The molecule has 4 aliphatic rings. The predicted octanol–water partition coefficient (Wildman–Crippen LogP) is 7.98. The summed E-state index contributed by atoms with van der Waals surface area (Å²) in [6.45, 7) is 1.81. The molecule has 4 rings (SSSR count). The highest BCUT2D eigenvalue weighted by molar-refractivity contribution is 5.03. The second kappa shape index (κ2) is 11.4. The van der Waals surface area contributed by atoms with Gasteiger partial charge in [-0.3, -0.25) is 0 Å². The Bertz CT molecular complexity index is 625. The molecule has 8 unspecified atom stereocenters. The lowest BCUT2D eigenvalue weighted by molar-refractivity contribution is -0.0150. The first-order valence-electron chi connectivity index (χ1n) is 13.7. The Morgan fingerprint density at radius 1 is 0.576 bits per heavy atom. The molecule has 0 spiro atoms. The number of methoxy groups -OCH3 is 1. The molecule has 0 aliphatic heterocycles. The fourth-order valence-electron chi connectivity index (χ4n) is 7.51. The normalized spacial score (nSPS) is 49.9. The Morgan fingerprint density at radius 2 is 1.12 bits per heavy atom. The summed E-state index contributed by atoms with van der Waals surface area (Å²) in [5.41, 5.74) is 0. The van der Waals surface area contributed by atoms with Crippen molar-refractivity contribution in [2.75, 3.05) is 7.11 Å². The lowest BCUT2D eigenvalue weighted by atomic mass is 9.67. The van der Waals surface area contributed by atoms with Crippen LogP contribution in [0.25, 0.3) is 0 Å². The summed E-state index contributed by atoms with van der Waals surface area (Å²) in [6, 6.07) is 0.